The van der Waals surface area contributed by atoms with Crippen molar-refractivity contribution in [1.29, 1.82) is 0 Å². The van der Waals surface area contributed by atoms with Crippen LogP contribution in [0.2, 0.25) is 5.22 Å². The first-order valence-corrected chi connectivity index (χ1v) is 5.20. The Balaban J connectivity index is 2.14. The van der Waals surface area contributed by atoms with Gasteiger partial charge in [0.25, 0.3) is 0 Å². The maximum Gasteiger partial charge on any atom is 0.198 e. The maximum atomic E-state index is 12.9. The molecule has 1 heterocycles. The second kappa shape index (κ2) is 4.68. The number of aliphatic hydroxyl groups excluding tert-OH is 1. The molecule has 0 fully saturated rings. The second-order valence-electron chi connectivity index (χ2n) is 3.50. The molecule has 0 amide bonds. The summed E-state index contributed by atoms with van der Waals surface area (Å²) in [6.45, 7) is 0. The molecule has 0 radical (unpaired) electrons. The average molecular weight is 241 g/mol. The van der Waals surface area contributed by atoms with E-state index in [1.807, 2.05) is 0 Å². The predicted octanol–water partition coefficient (Wildman–Crippen LogP) is 3.35. The van der Waals surface area contributed by atoms with Gasteiger partial charge in [-0.1, -0.05) is 12.1 Å². The van der Waals surface area contributed by atoms with Crippen molar-refractivity contribution in [3.05, 3.63) is 58.8 Å². The number of furan rings is 1. The zero-order valence-electron chi connectivity index (χ0n) is 8.36. The Kier molecular flexibility index (Phi) is 3.27. The van der Waals surface area contributed by atoms with Crippen LogP contribution >= 0.6 is 11.6 Å². The molecule has 0 aliphatic rings. The molecule has 0 spiro atoms. The van der Waals surface area contributed by atoms with E-state index in [0.29, 0.717) is 17.5 Å². The number of halogens is 2. The van der Waals surface area contributed by atoms with E-state index in [-0.39, 0.29) is 11.0 Å². The number of benzene rings is 1. The molecule has 1 aromatic carbocycles. The quantitative estimate of drug-likeness (QED) is 0.893. The first kappa shape index (κ1) is 11.2. The minimum atomic E-state index is -0.784. The average Bonchev–Trinajstić information content (AvgIpc) is 2.64. The van der Waals surface area contributed by atoms with Gasteiger partial charge in [-0.2, -0.15) is 0 Å². The lowest BCUT2D eigenvalue weighted by atomic mass is 10.0. The van der Waals surface area contributed by atoms with E-state index < -0.39 is 6.10 Å². The van der Waals surface area contributed by atoms with Crippen molar-refractivity contribution in [2.75, 3.05) is 0 Å². The van der Waals surface area contributed by atoms with Crippen molar-refractivity contribution in [2.24, 2.45) is 0 Å². The molecule has 2 aromatic rings. The smallest absolute Gasteiger partial charge is 0.198 e. The molecule has 84 valence electrons. The lowest BCUT2D eigenvalue weighted by molar-refractivity contribution is 0.177. The van der Waals surface area contributed by atoms with Gasteiger partial charge in [0, 0.05) is 12.0 Å². The molecule has 0 aliphatic carbocycles. The molecule has 0 aliphatic heterocycles. The van der Waals surface area contributed by atoms with Crippen molar-refractivity contribution < 1.29 is 13.9 Å². The highest BCUT2D eigenvalue weighted by Crippen LogP contribution is 2.26. The summed E-state index contributed by atoms with van der Waals surface area (Å²) in [5.41, 5.74) is 1.23. The molecule has 0 bridgehead atoms. The van der Waals surface area contributed by atoms with Crippen molar-refractivity contribution in [1.82, 2.24) is 0 Å². The van der Waals surface area contributed by atoms with Gasteiger partial charge in [0.15, 0.2) is 5.22 Å². The number of hydrogen-bond donors (Lipinski definition) is 1. The third-order valence-corrected chi connectivity index (χ3v) is 2.63. The van der Waals surface area contributed by atoms with Gasteiger partial charge in [0.2, 0.25) is 0 Å². The predicted molar refractivity (Wildman–Crippen MR) is 58.8 cm³/mol. The summed E-state index contributed by atoms with van der Waals surface area (Å²) in [5.74, 6) is -0.317. The molecule has 1 aromatic heterocycles. The van der Waals surface area contributed by atoms with Gasteiger partial charge in [-0.05, 0) is 35.4 Å². The van der Waals surface area contributed by atoms with Crippen LogP contribution in [-0.4, -0.2) is 5.11 Å². The van der Waals surface area contributed by atoms with Gasteiger partial charge in [0.1, 0.15) is 5.82 Å². The van der Waals surface area contributed by atoms with Crippen LogP contribution in [0.3, 0.4) is 0 Å². The molecule has 0 saturated heterocycles. The van der Waals surface area contributed by atoms with E-state index in [2.05, 4.69) is 0 Å². The Labute approximate surface area is 97.3 Å². The summed E-state index contributed by atoms with van der Waals surface area (Å²) in [5, 5.41) is 10.0. The molecule has 4 heteroatoms. The van der Waals surface area contributed by atoms with E-state index in [1.165, 1.54) is 18.4 Å². The summed E-state index contributed by atoms with van der Waals surface area (Å²) >= 11 is 5.73. The van der Waals surface area contributed by atoms with Crippen LogP contribution in [0.4, 0.5) is 4.39 Å². The fourth-order valence-corrected chi connectivity index (χ4v) is 1.78. The van der Waals surface area contributed by atoms with Crippen LogP contribution < -0.4 is 0 Å². The van der Waals surface area contributed by atoms with Gasteiger partial charge in [-0.3, -0.25) is 0 Å². The summed E-state index contributed by atoms with van der Waals surface area (Å²) in [6, 6.07) is 7.71. The Morgan fingerprint density at radius 3 is 2.81 bits per heavy atom. The SMILES string of the molecule is OC(Cc1cccc(F)c1)c1ccoc1Cl. The molecular weight excluding hydrogens is 231 g/mol. The summed E-state index contributed by atoms with van der Waals surface area (Å²) < 4.78 is 17.8. The van der Waals surface area contributed by atoms with E-state index >= 15 is 0 Å². The van der Waals surface area contributed by atoms with Crippen LogP contribution in [0.1, 0.15) is 17.2 Å². The highest BCUT2D eigenvalue weighted by molar-refractivity contribution is 6.29. The third-order valence-electron chi connectivity index (χ3n) is 2.32. The standard InChI is InChI=1S/C12H10ClFO2/c13-12-10(4-5-16-12)11(15)7-8-2-1-3-9(14)6-8/h1-6,11,15H,7H2. The fraction of sp³-hybridized carbons (Fsp3) is 0.167. The van der Waals surface area contributed by atoms with Crippen LogP contribution in [0.15, 0.2) is 41.0 Å². The highest BCUT2D eigenvalue weighted by atomic mass is 35.5. The zero-order chi connectivity index (χ0) is 11.5. The summed E-state index contributed by atoms with van der Waals surface area (Å²) in [4.78, 5) is 0. The fourth-order valence-electron chi connectivity index (χ4n) is 1.54. The third kappa shape index (κ3) is 2.43. The van der Waals surface area contributed by atoms with Crippen molar-refractivity contribution in [2.45, 2.75) is 12.5 Å². The van der Waals surface area contributed by atoms with Crippen molar-refractivity contribution in [3.8, 4) is 0 Å². The summed E-state index contributed by atoms with van der Waals surface area (Å²) in [7, 11) is 0. The number of aliphatic hydroxyl groups is 1. The molecule has 1 atom stereocenters. The van der Waals surface area contributed by atoms with Gasteiger partial charge in [-0.15, -0.1) is 0 Å². The lowest BCUT2D eigenvalue weighted by Gasteiger charge is -2.08. The van der Waals surface area contributed by atoms with E-state index in [1.54, 1.807) is 18.2 Å². The zero-order valence-corrected chi connectivity index (χ0v) is 9.12. The normalized spacial score (nSPS) is 12.7. The lowest BCUT2D eigenvalue weighted by Crippen LogP contribution is -2.01. The molecule has 1 unspecified atom stereocenters. The first-order chi connectivity index (χ1) is 7.66. The van der Waals surface area contributed by atoms with Crippen LogP contribution in [0.5, 0.6) is 0 Å². The molecule has 2 nitrogen and oxygen atoms in total. The maximum absolute atomic E-state index is 12.9. The monoisotopic (exact) mass is 240 g/mol. The molecule has 1 N–H and O–H groups in total. The van der Waals surface area contributed by atoms with Crippen molar-refractivity contribution >= 4 is 11.6 Å². The topological polar surface area (TPSA) is 33.4 Å². The van der Waals surface area contributed by atoms with Crippen LogP contribution in [0.25, 0.3) is 0 Å². The molecular formula is C12H10ClFO2. The highest BCUT2D eigenvalue weighted by Gasteiger charge is 2.14. The molecule has 0 saturated carbocycles. The molecule has 2 rings (SSSR count). The van der Waals surface area contributed by atoms with E-state index in [0.717, 1.165) is 0 Å². The van der Waals surface area contributed by atoms with E-state index in [4.69, 9.17) is 16.0 Å². The van der Waals surface area contributed by atoms with Gasteiger partial charge in [-0.25, -0.2) is 4.39 Å². The largest absolute Gasteiger partial charge is 0.453 e. The van der Waals surface area contributed by atoms with Gasteiger partial charge >= 0.3 is 0 Å². The Bertz CT molecular complexity index is 481. The minimum absolute atomic E-state index is 0.170. The van der Waals surface area contributed by atoms with E-state index in [9.17, 15) is 9.50 Å². The van der Waals surface area contributed by atoms with Gasteiger partial charge in [0.05, 0.1) is 12.4 Å². The Morgan fingerprint density at radius 2 is 2.19 bits per heavy atom. The first-order valence-electron chi connectivity index (χ1n) is 4.82. The Hall–Kier alpha value is -1.32. The number of hydrogen-bond acceptors (Lipinski definition) is 2. The molecule has 16 heavy (non-hydrogen) atoms. The number of rotatable bonds is 3. The second-order valence-corrected chi connectivity index (χ2v) is 3.84. The van der Waals surface area contributed by atoms with Crippen LogP contribution in [-0.2, 0) is 6.42 Å². The summed E-state index contributed by atoms with van der Waals surface area (Å²) in [6.07, 6.45) is 0.928. The minimum Gasteiger partial charge on any atom is -0.453 e. The van der Waals surface area contributed by atoms with Crippen molar-refractivity contribution in [3.63, 3.8) is 0 Å². The van der Waals surface area contributed by atoms with Gasteiger partial charge < -0.3 is 9.52 Å². The van der Waals surface area contributed by atoms with Crippen LogP contribution in [0, 0.1) is 5.82 Å². The Morgan fingerprint density at radius 1 is 1.38 bits per heavy atom.